The zero-order valence-corrected chi connectivity index (χ0v) is 9.37. The maximum absolute atomic E-state index is 11.2. The van der Waals surface area contributed by atoms with Gasteiger partial charge in [-0.05, 0) is 43.0 Å². The van der Waals surface area contributed by atoms with E-state index in [1.54, 1.807) is 13.0 Å². The maximum atomic E-state index is 11.2. The molecular formula is C12H17NO2. The fourth-order valence-corrected chi connectivity index (χ4v) is 1.66. The highest BCUT2D eigenvalue weighted by molar-refractivity contribution is 5.94. The first-order chi connectivity index (χ1) is 6.97. The highest BCUT2D eigenvalue weighted by Crippen LogP contribution is 2.21. The normalized spacial score (nSPS) is 12.5. The first-order valence-corrected chi connectivity index (χ1v) is 5.08. The Hall–Kier alpha value is -1.35. The van der Waals surface area contributed by atoms with E-state index in [1.807, 2.05) is 19.9 Å². The number of nitrogens with two attached hydrogens (primary N) is 1. The summed E-state index contributed by atoms with van der Waals surface area (Å²) in [4.78, 5) is 11.2. The molecule has 1 amide bonds. The molecule has 0 saturated heterocycles. The Morgan fingerprint density at radius 1 is 1.53 bits per heavy atom. The van der Waals surface area contributed by atoms with E-state index in [0.717, 1.165) is 23.1 Å². The predicted octanol–water partition coefficient (Wildman–Crippen LogP) is 1.71. The van der Waals surface area contributed by atoms with Gasteiger partial charge in [-0.15, -0.1) is 0 Å². The zero-order valence-electron chi connectivity index (χ0n) is 9.37. The summed E-state index contributed by atoms with van der Waals surface area (Å²) in [6, 6.07) is 3.59. The van der Waals surface area contributed by atoms with E-state index < -0.39 is 12.0 Å². The molecule has 1 aromatic carbocycles. The summed E-state index contributed by atoms with van der Waals surface area (Å²) < 4.78 is 0. The number of aliphatic hydroxyl groups excluding tert-OH is 1. The molecule has 82 valence electrons. The fraction of sp³-hybridized carbons (Fsp3) is 0.417. The molecule has 0 aliphatic rings. The summed E-state index contributed by atoms with van der Waals surface area (Å²) in [6.07, 6.45) is 0.251. The number of aliphatic hydroxyl groups is 1. The zero-order chi connectivity index (χ0) is 11.6. The van der Waals surface area contributed by atoms with Gasteiger partial charge in [0.1, 0.15) is 0 Å². The molecule has 0 aromatic heterocycles. The molecule has 3 heteroatoms. The second-order valence-corrected chi connectivity index (χ2v) is 3.75. The van der Waals surface area contributed by atoms with Crippen molar-refractivity contribution in [3.63, 3.8) is 0 Å². The van der Waals surface area contributed by atoms with Crippen LogP contribution in [-0.2, 0) is 6.42 Å². The molecule has 0 aliphatic heterocycles. The Labute approximate surface area is 89.9 Å². The Morgan fingerprint density at radius 3 is 2.53 bits per heavy atom. The van der Waals surface area contributed by atoms with E-state index in [1.165, 1.54) is 0 Å². The molecule has 0 fully saturated rings. The highest BCUT2D eigenvalue weighted by Gasteiger charge is 2.12. The number of benzene rings is 1. The van der Waals surface area contributed by atoms with Crippen LogP contribution in [0, 0.1) is 6.92 Å². The second kappa shape index (κ2) is 4.45. The second-order valence-electron chi connectivity index (χ2n) is 3.75. The van der Waals surface area contributed by atoms with E-state index in [2.05, 4.69) is 0 Å². The maximum Gasteiger partial charge on any atom is 0.248 e. The monoisotopic (exact) mass is 207 g/mol. The average molecular weight is 207 g/mol. The van der Waals surface area contributed by atoms with Crippen LogP contribution in [0.2, 0.25) is 0 Å². The van der Waals surface area contributed by atoms with Crippen molar-refractivity contribution in [2.75, 3.05) is 0 Å². The number of carbonyl (C=O) groups excluding carboxylic acids is 1. The van der Waals surface area contributed by atoms with Crippen LogP contribution in [0.4, 0.5) is 0 Å². The van der Waals surface area contributed by atoms with E-state index >= 15 is 0 Å². The van der Waals surface area contributed by atoms with Crippen LogP contribution >= 0.6 is 0 Å². The average Bonchev–Trinajstić information content (AvgIpc) is 2.17. The summed E-state index contributed by atoms with van der Waals surface area (Å²) in [5.74, 6) is -0.440. The van der Waals surface area contributed by atoms with Crippen molar-refractivity contribution in [1.82, 2.24) is 0 Å². The standard InChI is InChI=1S/C12H17NO2/c1-4-9-5-10(8(3)14)6-11(7(9)2)12(13)15/h5-6,8,14H,4H2,1-3H3,(H2,13,15). The molecule has 15 heavy (non-hydrogen) atoms. The molecule has 0 spiro atoms. The third-order valence-electron chi connectivity index (χ3n) is 2.67. The highest BCUT2D eigenvalue weighted by atomic mass is 16.3. The first kappa shape index (κ1) is 11.7. The van der Waals surface area contributed by atoms with Gasteiger partial charge in [0.15, 0.2) is 0 Å². The van der Waals surface area contributed by atoms with Crippen LogP contribution in [0.1, 0.15) is 47.0 Å². The van der Waals surface area contributed by atoms with Crippen LogP contribution in [0.3, 0.4) is 0 Å². The van der Waals surface area contributed by atoms with E-state index in [-0.39, 0.29) is 0 Å². The number of carbonyl (C=O) groups is 1. The molecule has 0 bridgehead atoms. The summed E-state index contributed by atoms with van der Waals surface area (Å²) in [5.41, 5.74) is 8.50. The Balaban J connectivity index is 3.38. The first-order valence-electron chi connectivity index (χ1n) is 5.08. The van der Waals surface area contributed by atoms with Gasteiger partial charge >= 0.3 is 0 Å². The minimum Gasteiger partial charge on any atom is -0.389 e. The summed E-state index contributed by atoms with van der Waals surface area (Å²) in [6.45, 7) is 5.57. The Kier molecular flexibility index (Phi) is 3.48. The molecule has 3 N–H and O–H groups in total. The molecular weight excluding hydrogens is 190 g/mol. The Bertz CT molecular complexity index is 383. The number of hydrogen-bond donors (Lipinski definition) is 2. The van der Waals surface area contributed by atoms with Gasteiger partial charge in [-0.2, -0.15) is 0 Å². The van der Waals surface area contributed by atoms with Gasteiger partial charge in [0.05, 0.1) is 6.10 Å². The number of hydrogen-bond acceptors (Lipinski definition) is 2. The van der Waals surface area contributed by atoms with Crippen LogP contribution in [-0.4, -0.2) is 11.0 Å². The molecule has 1 rings (SSSR count). The smallest absolute Gasteiger partial charge is 0.248 e. The Morgan fingerprint density at radius 2 is 2.13 bits per heavy atom. The lowest BCUT2D eigenvalue weighted by molar-refractivity contribution is 0.0999. The van der Waals surface area contributed by atoms with Gasteiger partial charge in [0.25, 0.3) is 0 Å². The summed E-state index contributed by atoms with van der Waals surface area (Å²) >= 11 is 0. The van der Waals surface area contributed by atoms with E-state index in [0.29, 0.717) is 5.56 Å². The summed E-state index contributed by atoms with van der Waals surface area (Å²) in [7, 11) is 0. The lowest BCUT2D eigenvalue weighted by Gasteiger charge is -2.13. The van der Waals surface area contributed by atoms with Crippen molar-refractivity contribution in [1.29, 1.82) is 0 Å². The third-order valence-corrected chi connectivity index (χ3v) is 2.67. The number of primary amides is 1. The molecule has 1 unspecified atom stereocenters. The van der Waals surface area contributed by atoms with Crippen molar-refractivity contribution in [2.45, 2.75) is 33.3 Å². The minimum atomic E-state index is -0.575. The van der Waals surface area contributed by atoms with Crippen LogP contribution in [0.15, 0.2) is 12.1 Å². The number of rotatable bonds is 3. The van der Waals surface area contributed by atoms with Crippen LogP contribution in [0.25, 0.3) is 0 Å². The fourth-order valence-electron chi connectivity index (χ4n) is 1.66. The van der Waals surface area contributed by atoms with Gasteiger partial charge < -0.3 is 10.8 Å². The molecule has 1 aromatic rings. The molecule has 0 heterocycles. The van der Waals surface area contributed by atoms with E-state index in [4.69, 9.17) is 5.73 Å². The topological polar surface area (TPSA) is 63.3 Å². The van der Waals surface area contributed by atoms with Gasteiger partial charge in [0.2, 0.25) is 5.91 Å². The summed E-state index contributed by atoms with van der Waals surface area (Å²) in [5, 5.41) is 9.49. The van der Waals surface area contributed by atoms with Crippen LogP contribution < -0.4 is 5.73 Å². The molecule has 3 nitrogen and oxygen atoms in total. The van der Waals surface area contributed by atoms with Crippen molar-refractivity contribution in [3.8, 4) is 0 Å². The predicted molar refractivity (Wildman–Crippen MR) is 59.7 cm³/mol. The molecule has 0 radical (unpaired) electrons. The van der Waals surface area contributed by atoms with Crippen molar-refractivity contribution < 1.29 is 9.90 Å². The van der Waals surface area contributed by atoms with Crippen LogP contribution in [0.5, 0.6) is 0 Å². The lowest BCUT2D eigenvalue weighted by Crippen LogP contribution is -2.14. The SMILES string of the molecule is CCc1cc(C(C)O)cc(C(N)=O)c1C. The quantitative estimate of drug-likeness (QED) is 0.792. The van der Waals surface area contributed by atoms with Gasteiger partial charge in [-0.25, -0.2) is 0 Å². The lowest BCUT2D eigenvalue weighted by atomic mass is 9.95. The molecule has 0 saturated carbocycles. The molecule has 1 atom stereocenters. The van der Waals surface area contributed by atoms with Crippen molar-refractivity contribution in [3.05, 3.63) is 34.4 Å². The van der Waals surface area contributed by atoms with Crippen molar-refractivity contribution >= 4 is 5.91 Å². The van der Waals surface area contributed by atoms with E-state index in [9.17, 15) is 9.90 Å². The van der Waals surface area contributed by atoms with Gasteiger partial charge in [-0.3, -0.25) is 4.79 Å². The largest absolute Gasteiger partial charge is 0.389 e. The number of aryl methyl sites for hydroxylation is 1. The van der Waals surface area contributed by atoms with Gasteiger partial charge in [-0.1, -0.05) is 13.0 Å². The number of amides is 1. The van der Waals surface area contributed by atoms with Crippen molar-refractivity contribution in [2.24, 2.45) is 5.73 Å². The van der Waals surface area contributed by atoms with Gasteiger partial charge in [0, 0.05) is 5.56 Å². The molecule has 0 aliphatic carbocycles. The minimum absolute atomic E-state index is 0.440. The third kappa shape index (κ3) is 2.36.